The van der Waals surface area contributed by atoms with Gasteiger partial charge in [-0.1, -0.05) is 48.6 Å². The maximum absolute atomic E-state index is 14.6. The van der Waals surface area contributed by atoms with Crippen molar-refractivity contribution in [2.24, 2.45) is 0 Å². The molecule has 9 heteroatoms. The fourth-order valence-corrected chi connectivity index (χ4v) is 4.82. The quantitative estimate of drug-likeness (QED) is 0.103. The van der Waals surface area contributed by atoms with Crippen molar-refractivity contribution in [2.75, 3.05) is 5.73 Å². The Hall–Kier alpha value is -4.92. The number of nitro groups is 1. The molecule has 200 valence electrons. The molecule has 2 aromatic carbocycles. The highest BCUT2D eigenvalue weighted by molar-refractivity contribution is 6.42. The summed E-state index contributed by atoms with van der Waals surface area (Å²) in [5.74, 6) is 1.17. The molecule has 0 spiro atoms. The highest BCUT2D eigenvalue weighted by Gasteiger charge is 2.27. The van der Waals surface area contributed by atoms with Gasteiger partial charge in [-0.05, 0) is 77.2 Å². The van der Waals surface area contributed by atoms with Crippen LogP contribution in [-0.4, -0.2) is 16.8 Å². The summed E-state index contributed by atoms with van der Waals surface area (Å²) in [6, 6.07) is 19.0. The van der Waals surface area contributed by atoms with Crippen LogP contribution in [-0.2, 0) is 12.8 Å². The maximum atomic E-state index is 14.6. The van der Waals surface area contributed by atoms with Crippen LogP contribution < -0.4 is 5.73 Å². The fraction of sp³-hybridized carbons (Fsp3) is 0.0968. The van der Waals surface area contributed by atoms with Gasteiger partial charge >= 0.3 is 7.40 Å². The number of nitrogens with zero attached hydrogens (tertiary/aromatic N) is 2. The first-order valence-electron chi connectivity index (χ1n) is 12.7. The second kappa shape index (κ2) is 11.4. The Kier molecular flexibility index (Phi) is 7.64. The molecule has 2 heterocycles. The van der Waals surface area contributed by atoms with E-state index in [9.17, 15) is 18.7 Å². The smallest absolute Gasteiger partial charge is 0.461 e. The van der Waals surface area contributed by atoms with Gasteiger partial charge in [-0.25, -0.2) is 0 Å². The predicted octanol–water partition coefficient (Wildman–Crippen LogP) is 7.54. The molecule has 2 N–H and O–H groups in total. The standard InChI is InChI=1S/C31H26BF2N3O3/c1-21-18-27(14-15-28-16-17-29(40-28)19-22-8-12-26(13-9-22)37(38)39)36(32(33)34)31(21)30(24-4-2-3-5-24)20-23-6-10-25(35)11-7-23/h2-18H,19-20,35H2,1H3/b15-14+. The van der Waals surface area contributed by atoms with Gasteiger partial charge in [0, 0.05) is 42.0 Å². The molecular formula is C31H26BF2N3O3. The van der Waals surface area contributed by atoms with Crippen LogP contribution in [0.3, 0.4) is 0 Å². The van der Waals surface area contributed by atoms with Gasteiger partial charge in [0.25, 0.3) is 5.69 Å². The topological polar surface area (TPSA) is 87.2 Å². The summed E-state index contributed by atoms with van der Waals surface area (Å²) in [5.41, 5.74) is 11.6. The molecule has 1 aliphatic rings. The summed E-state index contributed by atoms with van der Waals surface area (Å²) in [6.45, 7) is 1.84. The Balaban J connectivity index is 1.43. The molecule has 0 saturated carbocycles. The highest BCUT2D eigenvalue weighted by Crippen LogP contribution is 2.33. The molecule has 4 aromatic rings. The average Bonchev–Trinajstić information content (AvgIpc) is 3.68. The SMILES string of the molecule is Cc1cc(/C=C/c2ccc(Cc3ccc([N+](=O)[O-])cc3)o2)n(B(F)F)c1C(Cc1ccc(N)cc1)=C1C=CC=C1. The summed E-state index contributed by atoms with van der Waals surface area (Å²) in [5, 5.41) is 10.9. The van der Waals surface area contributed by atoms with Crippen LogP contribution in [0.25, 0.3) is 17.7 Å². The molecule has 0 unspecified atom stereocenters. The van der Waals surface area contributed by atoms with E-state index in [1.807, 2.05) is 55.5 Å². The molecule has 0 radical (unpaired) electrons. The molecule has 0 fully saturated rings. The van der Waals surface area contributed by atoms with Gasteiger partial charge < -0.3 is 14.6 Å². The number of nitrogen functional groups attached to an aromatic ring is 1. The predicted molar refractivity (Wildman–Crippen MR) is 156 cm³/mol. The summed E-state index contributed by atoms with van der Waals surface area (Å²) in [4.78, 5) is 10.4. The lowest BCUT2D eigenvalue weighted by molar-refractivity contribution is -0.384. The number of rotatable bonds is 9. The van der Waals surface area contributed by atoms with Gasteiger partial charge in [-0.2, -0.15) is 0 Å². The summed E-state index contributed by atoms with van der Waals surface area (Å²) in [7, 11) is -2.76. The van der Waals surface area contributed by atoms with E-state index in [1.54, 1.807) is 42.5 Å². The molecule has 0 amide bonds. The zero-order valence-corrected chi connectivity index (χ0v) is 21.8. The molecule has 2 aromatic heterocycles. The van der Waals surface area contributed by atoms with Crippen LogP contribution in [0.15, 0.2) is 101 Å². The second-order valence-corrected chi connectivity index (χ2v) is 9.56. The number of aromatic nitrogens is 1. The Bertz CT molecular complexity index is 1650. The third kappa shape index (κ3) is 5.88. The van der Waals surface area contributed by atoms with Crippen LogP contribution in [0, 0.1) is 17.0 Å². The molecule has 0 aliphatic heterocycles. The van der Waals surface area contributed by atoms with Crippen LogP contribution in [0.4, 0.5) is 20.0 Å². The molecule has 5 rings (SSSR count). The number of benzene rings is 2. The van der Waals surface area contributed by atoms with Crippen LogP contribution in [0.1, 0.15) is 39.6 Å². The number of furan rings is 1. The Morgan fingerprint density at radius 2 is 1.68 bits per heavy atom. The zero-order chi connectivity index (χ0) is 28.2. The summed E-state index contributed by atoms with van der Waals surface area (Å²) < 4.78 is 36.1. The van der Waals surface area contributed by atoms with E-state index in [4.69, 9.17) is 10.2 Å². The van der Waals surface area contributed by atoms with Crippen molar-refractivity contribution < 1.29 is 18.0 Å². The van der Waals surface area contributed by atoms with Crippen LogP contribution in [0.5, 0.6) is 0 Å². The number of allylic oxidation sites excluding steroid dienone is 6. The van der Waals surface area contributed by atoms with Gasteiger partial charge in [0.2, 0.25) is 0 Å². The van der Waals surface area contributed by atoms with Crippen molar-refractivity contribution in [3.63, 3.8) is 0 Å². The van der Waals surface area contributed by atoms with Crippen molar-refractivity contribution in [3.8, 4) is 0 Å². The van der Waals surface area contributed by atoms with E-state index >= 15 is 0 Å². The van der Waals surface area contributed by atoms with E-state index in [2.05, 4.69) is 0 Å². The van der Waals surface area contributed by atoms with Gasteiger partial charge in [0.1, 0.15) is 11.5 Å². The monoisotopic (exact) mass is 537 g/mol. The normalized spacial score (nSPS) is 12.5. The Morgan fingerprint density at radius 3 is 2.33 bits per heavy atom. The van der Waals surface area contributed by atoms with Crippen molar-refractivity contribution in [1.82, 2.24) is 4.48 Å². The third-order valence-electron chi connectivity index (χ3n) is 6.74. The van der Waals surface area contributed by atoms with E-state index in [0.717, 1.165) is 32.3 Å². The molecule has 40 heavy (non-hydrogen) atoms. The number of anilines is 1. The van der Waals surface area contributed by atoms with Crippen molar-refractivity contribution in [1.29, 1.82) is 0 Å². The second-order valence-electron chi connectivity index (χ2n) is 9.56. The van der Waals surface area contributed by atoms with E-state index in [1.165, 1.54) is 12.1 Å². The molecule has 0 saturated heterocycles. The minimum atomic E-state index is -2.76. The number of nitrogens with two attached hydrogens (primary N) is 1. The Labute approximate surface area is 230 Å². The zero-order valence-electron chi connectivity index (χ0n) is 21.8. The largest absolute Gasteiger partial charge is 0.678 e. The van der Waals surface area contributed by atoms with Crippen molar-refractivity contribution in [2.45, 2.75) is 19.8 Å². The van der Waals surface area contributed by atoms with Crippen molar-refractivity contribution >= 4 is 36.5 Å². The van der Waals surface area contributed by atoms with E-state index < -0.39 is 12.3 Å². The van der Waals surface area contributed by atoms with Crippen LogP contribution in [0.2, 0.25) is 0 Å². The molecule has 1 aliphatic carbocycles. The minimum Gasteiger partial charge on any atom is -0.461 e. The molecule has 6 nitrogen and oxygen atoms in total. The molecule has 0 atom stereocenters. The average molecular weight is 537 g/mol. The number of nitro benzene ring substituents is 1. The van der Waals surface area contributed by atoms with Gasteiger partial charge in [-0.3, -0.25) is 18.7 Å². The number of hydrogen-bond acceptors (Lipinski definition) is 4. The molecule has 0 bridgehead atoms. The summed E-state index contributed by atoms with van der Waals surface area (Å²) in [6.07, 6.45) is 11.9. The van der Waals surface area contributed by atoms with Gasteiger partial charge in [-0.15, -0.1) is 0 Å². The first-order chi connectivity index (χ1) is 19.3. The lowest BCUT2D eigenvalue weighted by atomic mass is 9.94. The number of halogens is 2. The fourth-order valence-electron chi connectivity index (χ4n) is 4.82. The number of hydrogen-bond donors (Lipinski definition) is 1. The minimum absolute atomic E-state index is 0.0238. The first-order valence-corrected chi connectivity index (χ1v) is 12.7. The maximum Gasteiger partial charge on any atom is 0.678 e. The van der Waals surface area contributed by atoms with Gasteiger partial charge in [0.15, 0.2) is 0 Å². The third-order valence-corrected chi connectivity index (χ3v) is 6.74. The summed E-state index contributed by atoms with van der Waals surface area (Å²) >= 11 is 0. The van der Waals surface area contributed by atoms with Gasteiger partial charge in [0.05, 0.1) is 4.92 Å². The number of non-ortho nitro benzene ring substituents is 1. The van der Waals surface area contributed by atoms with Crippen molar-refractivity contribution in [3.05, 3.63) is 146 Å². The first kappa shape index (κ1) is 26.7. The lowest BCUT2D eigenvalue weighted by Crippen LogP contribution is -2.18. The van der Waals surface area contributed by atoms with Crippen LogP contribution >= 0.6 is 0 Å². The van der Waals surface area contributed by atoms with E-state index in [-0.39, 0.29) is 5.69 Å². The highest BCUT2D eigenvalue weighted by atomic mass is 19.2. The van der Waals surface area contributed by atoms with E-state index in [0.29, 0.717) is 41.4 Å². The number of aryl methyl sites for hydroxylation is 1. The Morgan fingerprint density at radius 1 is 1.00 bits per heavy atom. The lowest BCUT2D eigenvalue weighted by Gasteiger charge is -2.16. The molecular weight excluding hydrogens is 511 g/mol.